The molecule has 0 N–H and O–H groups in total. The number of rotatable bonds is 3. The molecular weight excluding hydrogens is 280 g/mol. The first-order chi connectivity index (χ1) is 8.06. The molecule has 1 aliphatic rings. The molecule has 0 bridgehead atoms. The van der Waals surface area contributed by atoms with Crippen LogP contribution in [0, 0.1) is 6.92 Å². The Morgan fingerprint density at radius 1 is 1.53 bits per heavy atom. The van der Waals surface area contributed by atoms with E-state index in [2.05, 4.69) is 49.8 Å². The zero-order valence-corrected chi connectivity index (χ0v) is 12.2. The Morgan fingerprint density at radius 2 is 2.29 bits per heavy atom. The molecule has 17 heavy (non-hydrogen) atoms. The number of anilines is 1. The van der Waals surface area contributed by atoms with Crippen molar-refractivity contribution < 1.29 is 0 Å². The molecule has 0 aliphatic carbocycles. The van der Waals surface area contributed by atoms with Crippen LogP contribution in [0.3, 0.4) is 0 Å². The van der Waals surface area contributed by atoms with E-state index < -0.39 is 0 Å². The zero-order valence-electron chi connectivity index (χ0n) is 10.6. The number of nitrogens with zero attached hydrogens (tertiary/aromatic N) is 4. The van der Waals surface area contributed by atoms with Crippen LogP contribution in [0.4, 0.5) is 5.82 Å². The second-order valence-corrected chi connectivity index (χ2v) is 5.57. The summed E-state index contributed by atoms with van der Waals surface area (Å²) in [4.78, 5) is 13.3. The lowest BCUT2D eigenvalue weighted by molar-refractivity contribution is 0.314. The molecule has 0 spiro atoms. The summed E-state index contributed by atoms with van der Waals surface area (Å²) in [6.07, 6.45) is 2.59. The fourth-order valence-corrected chi connectivity index (χ4v) is 2.79. The fraction of sp³-hybridized carbons (Fsp3) is 0.667. The quantitative estimate of drug-likeness (QED) is 0.800. The molecule has 1 saturated heterocycles. The molecule has 5 heteroatoms. The Bertz CT molecular complexity index is 376. The van der Waals surface area contributed by atoms with Gasteiger partial charge in [-0.05, 0) is 49.3 Å². The lowest BCUT2D eigenvalue weighted by Gasteiger charge is -2.26. The van der Waals surface area contributed by atoms with Crippen LogP contribution < -0.4 is 4.90 Å². The van der Waals surface area contributed by atoms with Crippen molar-refractivity contribution >= 4 is 21.7 Å². The summed E-state index contributed by atoms with van der Waals surface area (Å²) in [5.74, 6) is 1.80. The van der Waals surface area contributed by atoms with Gasteiger partial charge in [0.15, 0.2) is 0 Å². The third-order valence-corrected chi connectivity index (χ3v) is 3.75. The molecule has 0 aromatic carbocycles. The predicted octanol–water partition coefficient (Wildman–Crippen LogP) is 2.08. The molecule has 1 aromatic rings. The normalized spacial score (nSPS) is 20.8. The van der Waals surface area contributed by atoms with Crippen molar-refractivity contribution in [1.29, 1.82) is 0 Å². The fourth-order valence-electron chi connectivity index (χ4n) is 2.33. The van der Waals surface area contributed by atoms with E-state index in [1.807, 2.05) is 13.0 Å². The predicted molar refractivity (Wildman–Crippen MR) is 73.4 cm³/mol. The standard InChI is InChI=1S/C12H19BrN4/c1-9-14-11(13)7-12(15-9)17(3)8-10-5-4-6-16(10)2/h7,10H,4-6,8H2,1-3H3. The number of halogens is 1. The summed E-state index contributed by atoms with van der Waals surface area (Å²) in [5, 5.41) is 0. The second-order valence-electron chi connectivity index (χ2n) is 4.75. The molecule has 2 heterocycles. The van der Waals surface area contributed by atoms with E-state index in [1.54, 1.807) is 0 Å². The maximum Gasteiger partial charge on any atom is 0.133 e. The van der Waals surface area contributed by atoms with Crippen LogP contribution in [0.15, 0.2) is 10.7 Å². The minimum atomic E-state index is 0.647. The highest BCUT2D eigenvalue weighted by molar-refractivity contribution is 9.10. The zero-order chi connectivity index (χ0) is 12.4. The van der Waals surface area contributed by atoms with Crippen molar-refractivity contribution in [3.8, 4) is 0 Å². The van der Waals surface area contributed by atoms with Gasteiger partial charge in [-0.3, -0.25) is 0 Å². The topological polar surface area (TPSA) is 32.3 Å². The summed E-state index contributed by atoms with van der Waals surface area (Å²) in [6, 6.07) is 2.62. The van der Waals surface area contributed by atoms with Gasteiger partial charge in [-0.25, -0.2) is 9.97 Å². The average molecular weight is 299 g/mol. The Balaban J connectivity index is 2.06. The van der Waals surface area contributed by atoms with Crippen molar-refractivity contribution in [3.05, 3.63) is 16.5 Å². The van der Waals surface area contributed by atoms with Crippen LogP contribution in [-0.2, 0) is 0 Å². The van der Waals surface area contributed by atoms with Gasteiger partial charge < -0.3 is 9.80 Å². The molecule has 0 radical (unpaired) electrons. The summed E-state index contributed by atoms with van der Waals surface area (Å²) in [7, 11) is 4.30. The number of hydrogen-bond donors (Lipinski definition) is 0. The Morgan fingerprint density at radius 3 is 2.88 bits per heavy atom. The molecule has 4 nitrogen and oxygen atoms in total. The minimum absolute atomic E-state index is 0.647. The molecule has 1 aliphatic heterocycles. The smallest absolute Gasteiger partial charge is 0.133 e. The van der Waals surface area contributed by atoms with Crippen molar-refractivity contribution in [2.45, 2.75) is 25.8 Å². The van der Waals surface area contributed by atoms with Gasteiger partial charge in [0.05, 0.1) is 0 Å². The highest BCUT2D eigenvalue weighted by Crippen LogP contribution is 2.20. The van der Waals surface area contributed by atoms with Crippen LogP contribution in [0.1, 0.15) is 18.7 Å². The van der Waals surface area contributed by atoms with Gasteiger partial charge in [0.2, 0.25) is 0 Å². The summed E-state index contributed by atoms with van der Waals surface area (Å²) < 4.78 is 0.853. The Labute approximate surface area is 111 Å². The highest BCUT2D eigenvalue weighted by atomic mass is 79.9. The van der Waals surface area contributed by atoms with E-state index in [0.29, 0.717) is 6.04 Å². The van der Waals surface area contributed by atoms with Gasteiger partial charge in [0.1, 0.15) is 16.2 Å². The first-order valence-electron chi connectivity index (χ1n) is 5.99. The first kappa shape index (κ1) is 12.8. The molecule has 2 rings (SSSR count). The lowest BCUT2D eigenvalue weighted by Crippen LogP contribution is -2.37. The van der Waals surface area contributed by atoms with E-state index in [9.17, 15) is 0 Å². The van der Waals surface area contributed by atoms with E-state index in [1.165, 1.54) is 19.4 Å². The van der Waals surface area contributed by atoms with Crippen molar-refractivity contribution in [1.82, 2.24) is 14.9 Å². The van der Waals surface area contributed by atoms with Crippen LogP contribution in [0.25, 0.3) is 0 Å². The largest absolute Gasteiger partial charge is 0.358 e. The van der Waals surface area contributed by atoms with Gasteiger partial charge in [-0.15, -0.1) is 0 Å². The van der Waals surface area contributed by atoms with Gasteiger partial charge in [-0.2, -0.15) is 0 Å². The van der Waals surface area contributed by atoms with Crippen molar-refractivity contribution in [3.63, 3.8) is 0 Å². The second kappa shape index (κ2) is 5.31. The third-order valence-electron chi connectivity index (χ3n) is 3.34. The number of aromatic nitrogens is 2. The number of hydrogen-bond acceptors (Lipinski definition) is 4. The Kier molecular flexibility index (Phi) is 3.99. The molecule has 94 valence electrons. The molecule has 1 fully saturated rings. The van der Waals surface area contributed by atoms with E-state index in [4.69, 9.17) is 0 Å². The van der Waals surface area contributed by atoms with Gasteiger partial charge in [0, 0.05) is 25.7 Å². The highest BCUT2D eigenvalue weighted by Gasteiger charge is 2.22. The maximum absolute atomic E-state index is 4.47. The van der Waals surface area contributed by atoms with Crippen molar-refractivity contribution in [2.75, 3.05) is 32.1 Å². The van der Waals surface area contributed by atoms with Gasteiger partial charge in [0.25, 0.3) is 0 Å². The number of likely N-dealkylation sites (N-methyl/N-ethyl adjacent to an activating group) is 2. The summed E-state index contributed by atoms with van der Waals surface area (Å²) in [6.45, 7) is 4.16. The molecule has 0 saturated carbocycles. The van der Waals surface area contributed by atoms with Crippen LogP contribution in [0.2, 0.25) is 0 Å². The van der Waals surface area contributed by atoms with E-state index >= 15 is 0 Å². The van der Waals surface area contributed by atoms with Crippen molar-refractivity contribution in [2.24, 2.45) is 0 Å². The van der Waals surface area contributed by atoms with E-state index in [0.717, 1.165) is 22.8 Å². The SMILES string of the molecule is Cc1nc(Br)cc(N(C)CC2CCCN2C)n1. The average Bonchev–Trinajstić information content (AvgIpc) is 2.63. The molecule has 1 aromatic heterocycles. The molecule has 0 amide bonds. The van der Waals surface area contributed by atoms with Gasteiger partial charge in [-0.1, -0.05) is 0 Å². The van der Waals surface area contributed by atoms with Crippen LogP contribution in [0.5, 0.6) is 0 Å². The Hall–Kier alpha value is -0.680. The lowest BCUT2D eigenvalue weighted by atomic mass is 10.2. The molecular formula is C12H19BrN4. The third kappa shape index (κ3) is 3.16. The van der Waals surface area contributed by atoms with E-state index in [-0.39, 0.29) is 0 Å². The monoisotopic (exact) mass is 298 g/mol. The molecule has 1 unspecified atom stereocenters. The summed E-state index contributed by atoms with van der Waals surface area (Å²) in [5.41, 5.74) is 0. The first-order valence-corrected chi connectivity index (χ1v) is 6.78. The number of likely N-dealkylation sites (tertiary alicyclic amines) is 1. The van der Waals surface area contributed by atoms with Gasteiger partial charge >= 0.3 is 0 Å². The van der Waals surface area contributed by atoms with Crippen LogP contribution in [-0.4, -0.2) is 48.1 Å². The minimum Gasteiger partial charge on any atom is -0.358 e. The maximum atomic E-state index is 4.47. The summed E-state index contributed by atoms with van der Waals surface area (Å²) >= 11 is 3.42. The van der Waals surface area contributed by atoms with Crippen LogP contribution >= 0.6 is 15.9 Å². The number of aryl methyl sites for hydroxylation is 1. The molecule has 1 atom stereocenters.